The van der Waals surface area contributed by atoms with Crippen molar-refractivity contribution in [3.63, 3.8) is 0 Å². The Morgan fingerprint density at radius 3 is 2.83 bits per heavy atom. The molecule has 3 atom stereocenters. The standard InChI is InChI=1S/C18H25ClN2O3/c1-23-13-8-9-21(11-13)16-5-3-4-15(16)20-18(22)12-6-7-14(19)17(10-12)24-2/h6-7,10,13,15-16H,3-5,8-9,11H2,1-2H3,(H,20,22)/t13?,15-,16+/m1/s1. The van der Waals surface area contributed by atoms with Gasteiger partial charge in [0.2, 0.25) is 0 Å². The summed E-state index contributed by atoms with van der Waals surface area (Å²) < 4.78 is 10.7. The number of carbonyl (C=O) groups is 1. The van der Waals surface area contributed by atoms with Crippen LogP contribution in [0.2, 0.25) is 5.02 Å². The van der Waals surface area contributed by atoms with Crippen LogP contribution in [0, 0.1) is 0 Å². The highest BCUT2D eigenvalue weighted by Gasteiger charge is 2.36. The minimum Gasteiger partial charge on any atom is -0.495 e. The number of halogens is 1. The smallest absolute Gasteiger partial charge is 0.251 e. The van der Waals surface area contributed by atoms with Gasteiger partial charge in [-0.05, 0) is 43.9 Å². The summed E-state index contributed by atoms with van der Waals surface area (Å²) in [5.41, 5.74) is 0.582. The summed E-state index contributed by atoms with van der Waals surface area (Å²) in [5.74, 6) is 0.458. The molecule has 24 heavy (non-hydrogen) atoms. The number of benzene rings is 1. The van der Waals surface area contributed by atoms with Gasteiger partial charge < -0.3 is 14.8 Å². The number of hydrogen-bond acceptors (Lipinski definition) is 4. The molecule has 1 N–H and O–H groups in total. The number of likely N-dealkylation sites (tertiary alicyclic amines) is 1. The lowest BCUT2D eigenvalue weighted by Crippen LogP contribution is -2.48. The van der Waals surface area contributed by atoms with Crippen LogP contribution in [0.4, 0.5) is 0 Å². The first-order valence-corrected chi connectivity index (χ1v) is 8.91. The molecule has 2 fully saturated rings. The molecule has 0 spiro atoms. The summed E-state index contributed by atoms with van der Waals surface area (Å²) in [5, 5.41) is 3.72. The van der Waals surface area contributed by atoms with Crippen LogP contribution >= 0.6 is 11.6 Å². The van der Waals surface area contributed by atoms with Crippen molar-refractivity contribution in [1.29, 1.82) is 0 Å². The minimum absolute atomic E-state index is 0.0654. The van der Waals surface area contributed by atoms with Crippen LogP contribution in [-0.2, 0) is 4.74 Å². The molecule has 3 rings (SSSR count). The van der Waals surface area contributed by atoms with Crippen LogP contribution in [0.1, 0.15) is 36.0 Å². The fourth-order valence-electron chi connectivity index (χ4n) is 3.85. The van der Waals surface area contributed by atoms with E-state index in [0.29, 0.717) is 28.5 Å². The largest absolute Gasteiger partial charge is 0.495 e. The maximum atomic E-state index is 12.6. The molecule has 1 unspecified atom stereocenters. The molecular formula is C18H25ClN2O3. The lowest BCUT2D eigenvalue weighted by molar-refractivity contribution is 0.0872. The van der Waals surface area contributed by atoms with Crippen LogP contribution in [0.5, 0.6) is 5.75 Å². The molecule has 1 aromatic rings. The Bertz CT molecular complexity index is 596. The van der Waals surface area contributed by atoms with Crippen molar-refractivity contribution in [3.8, 4) is 5.75 Å². The molecule has 1 amide bonds. The van der Waals surface area contributed by atoms with E-state index in [1.54, 1.807) is 32.4 Å². The number of ether oxygens (including phenoxy) is 2. The molecular weight excluding hydrogens is 328 g/mol. The quantitative estimate of drug-likeness (QED) is 0.885. The van der Waals surface area contributed by atoms with Gasteiger partial charge in [-0.3, -0.25) is 9.69 Å². The van der Waals surface area contributed by atoms with Gasteiger partial charge in [0, 0.05) is 37.8 Å². The van der Waals surface area contributed by atoms with Crippen molar-refractivity contribution >= 4 is 17.5 Å². The minimum atomic E-state index is -0.0654. The van der Waals surface area contributed by atoms with Crippen LogP contribution in [0.15, 0.2) is 18.2 Å². The summed E-state index contributed by atoms with van der Waals surface area (Å²) in [6.07, 6.45) is 4.69. The van der Waals surface area contributed by atoms with Gasteiger partial charge in [-0.15, -0.1) is 0 Å². The Morgan fingerprint density at radius 1 is 1.29 bits per heavy atom. The molecule has 6 heteroatoms. The van der Waals surface area contributed by atoms with E-state index in [9.17, 15) is 4.79 Å². The van der Waals surface area contributed by atoms with Gasteiger partial charge in [-0.1, -0.05) is 11.6 Å². The van der Waals surface area contributed by atoms with E-state index in [2.05, 4.69) is 10.2 Å². The van der Waals surface area contributed by atoms with Crippen molar-refractivity contribution in [2.75, 3.05) is 27.3 Å². The SMILES string of the molecule is COc1cc(C(=O)N[C@@H]2CCC[C@@H]2N2CCC(OC)C2)ccc1Cl. The fourth-order valence-corrected chi connectivity index (χ4v) is 4.04. The Balaban J connectivity index is 1.65. The molecule has 1 heterocycles. The first-order valence-electron chi connectivity index (χ1n) is 8.53. The van der Waals surface area contributed by atoms with Gasteiger partial charge in [-0.25, -0.2) is 0 Å². The molecule has 0 bridgehead atoms. The lowest BCUT2D eigenvalue weighted by atomic mass is 10.1. The Hall–Kier alpha value is -1.30. The first-order chi connectivity index (χ1) is 11.6. The van der Waals surface area contributed by atoms with Gasteiger partial charge >= 0.3 is 0 Å². The highest BCUT2D eigenvalue weighted by Crippen LogP contribution is 2.29. The molecule has 1 saturated carbocycles. The molecule has 132 valence electrons. The normalized spacial score (nSPS) is 27.4. The summed E-state index contributed by atoms with van der Waals surface area (Å²) in [7, 11) is 3.32. The van der Waals surface area contributed by atoms with E-state index in [-0.39, 0.29) is 11.9 Å². The van der Waals surface area contributed by atoms with Crippen molar-refractivity contribution in [2.24, 2.45) is 0 Å². The molecule has 5 nitrogen and oxygen atoms in total. The summed E-state index contributed by atoms with van der Waals surface area (Å²) in [6, 6.07) is 5.72. The van der Waals surface area contributed by atoms with Crippen molar-refractivity contribution in [3.05, 3.63) is 28.8 Å². The predicted octanol–water partition coefficient (Wildman–Crippen LogP) is 2.72. The zero-order chi connectivity index (χ0) is 17.1. The lowest BCUT2D eigenvalue weighted by Gasteiger charge is -2.30. The average molecular weight is 353 g/mol. The Labute approximate surface area is 148 Å². The summed E-state index contributed by atoms with van der Waals surface area (Å²) in [6.45, 7) is 2.01. The third kappa shape index (κ3) is 3.68. The summed E-state index contributed by atoms with van der Waals surface area (Å²) in [4.78, 5) is 15.1. The third-order valence-corrected chi connectivity index (χ3v) is 5.50. The van der Waals surface area contributed by atoms with Crippen LogP contribution in [-0.4, -0.2) is 56.3 Å². The van der Waals surface area contributed by atoms with E-state index in [0.717, 1.165) is 38.8 Å². The van der Waals surface area contributed by atoms with E-state index < -0.39 is 0 Å². The second-order valence-corrected chi connectivity index (χ2v) is 6.98. The second-order valence-electron chi connectivity index (χ2n) is 6.57. The van der Waals surface area contributed by atoms with E-state index in [1.807, 2.05) is 0 Å². The van der Waals surface area contributed by atoms with Crippen LogP contribution < -0.4 is 10.1 Å². The maximum Gasteiger partial charge on any atom is 0.251 e. The number of methoxy groups -OCH3 is 2. The van der Waals surface area contributed by atoms with Crippen molar-refractivity contribution < 1.29 is 14.3 Å². The van der Waals surface area contributed by atoms with E-state index >= 15 is 0 Å². The summed E-state index contributed by atoms with van der Waals surface area (Å²) >= 11 is 6.03. The predicted molar refractivity (Wildman–Crippen MR) is 93.9 cm³/mol. The number of nitrogens with one attached hydrogen (secondary N) is 1. The number of nitrogens with zero attached hydrogens (tertiary/aromatic N) is 1. The number of amides is 1. The number of carbonyl (C=O) groups excluding carboxylic acids is 1. The molecule has 1 aliphatic carbocycles. The molecule has 0 aromatic heterocycles. The zero-order valence-electron chi connectivity index (χ0n) is 14.3. The molecule has 0 radical (unpaired) electrons. The highest BCUT2D eigenvalue weighted by molar-refractivity contribution is 6.32. The first kappa shape index (κ1) is 17.5. The maximum absolute atomic E-state index is 12.6. The zero-order valence-corrected chi connectivity index (χ0v) is 15.0. The van der Waals surface area contributed by atoms with Gasteiger partial charge in [-0.2, -0.15) is 0 Å². The van der Waals surface area contributed by atoms with Crippen molar-refractivity contribution in [2.45, 2.75) is 43.9 Å². The Kier molecular flexibility index (Phi) is 5.64. The molecule has 1 aliphatic heterocycles. The number of rotatable bonds is 5. The van der Waals surface area contributed by atoms with Crippen LogP contribution in [0.3, 0.4) is 0 Å². The van der Waals surface area contributed by atoms with Gasteiger partial charge in [0.05, 0.1) is 18.2 Å². The molecule has 1 saturated heterocycles. The van der Waals surface area contributed by atoms with Gasteiger partial charge in [0.1, 0.15) is 5.75 Å². The number of hydrogen-bond donors (Lipinski definition) is 1. The second kappa shape index (κ2) is 7.72. The van der Waals surface area contributed by atoms with Crippen molar-refractivity contribution in [1.82, 2.24) is 10.2 Å². The van der Waals surface area contributed by atoms with Crippen LogP contribution in [0.25, 0.3) is 0 Å². The monoisotopic (exact) mass is 352 g/mol. The third-order valence-electron chi connectivity index (χ3n) is 5.19. The molecule has 2 aliphatic rings. The topological polar surface area (TPSA) is 50.8 Å². The van der Waals surface area contributed by atoms with Gasteiger partial charge in [0.15, 0.2) is 0 Å². The Morgan fingerprint density at radius 2 is 2.12 bits per heavy atom. The van der Waals surface area contributed by atoms with E-state index in [1.165, 1.54) is 0 Å². The van der Waals surface area contributed by atoms with Gasteiger partial charge in [0.25, 0.3) is 5.91 Å². The molecule has 1 aromatic carbocycles. The van der Waals surface area contributed by atoms with E-state index in [4.69, 9.17) is 21.1 Å². The highest BCUT2D eigenvalue weighted by atomic mass is 35.5. The fraction of sp³-hybridized carbons (Fsp3) is 0.611. The average Bonchev–Trinajstić information content (AvgIpc) is 3.23.